The van der Waals surface area contributed by atoms with Crippen LogP contribution in [-0.2, 0) is 23.6 Å². The third-order valence-corrected chi connectivity index (χ3v) is 6.34. The second-order valence-electron chi connectivity index (χ2n) is 8.81. The van der Waals surface area contributed by atoms with Crippen LogP contribution in [0.4, 0.5) is 26.3 Å². The number of rotatable bonds is 8. The number of hydrogen-bond acceptors (Lipinski definition) is 3. The molecule has 0 aliphatic carbocycles. The zero-order valence-electron chi connectivity index (χ0n) is 19.1. The largest absolute Gasteiger partial charge is 0.493 e. The Morgan fingerprint density at radius 3 is 2.34 bits per heavy atom. The van der Waals surface area contributed by atoms with Crippen LogP contribution < -0.4 is 4.74 Å². The first kappa shape index (κ1) is 26.8. The van der Waals surface area contributed by atoms with Crippen molar-refractivity contribution in [3.05, 3.63) is 64.7 Å². The zero-order chi connectivity index (χ0) is 25.8. The van der Waals surface area contributed by atoms with Gasteiger partial charge >= 0.3 is 18.3 Å². The first-order valence-electron chi connectivity index (χ1n) is 11.3. The molecule has 10 heteroatoms. The smallest absolute Gasteiger partial charge is 0.416 e. The van der Waals surface area contributed by atoms with Gasteiger partial charge in [-0.2, -0.15) is 26.3 Å². The number of benzene rings is 2. The van der Waals surface area contributed by atoms with Crippen LogP contribution >= 0.6 is 0 Å². The van der Waals surface area contributed by atoms with E-state index in [1.54, 1.807) is 23.1 Å². The molecule has 0 aromatic heterocycles. The number of carboxylic acid groups (broad SMARTS) is 1. The SMILES string of the molecule is CC(c1cc(C(F)(F)F)ccc1C(F)(F)F)N1CCC(COc2cccc(CCC(=O)O)c2)CC1. The normalized spacial score (nSPS) is 16.8. The van der Waals surface area contributed by atoms with Gasteiger partial charge in [-0.05, 0) is 86.7 Å². The average Bonchev–Trinajstić information content (AvgIpc) is 2.80. The molecule has 0 amide bonds. The van der Waals surface area contributed by atoms with Gasteiger partial charge in [0.05, 0.1) is 17.7 Å². The summed E-state index contributed by atoms with van der Waals surface area (Å²) >= 11 is 0. The highest BCUT2D eigenvalue weighted by molar-refractivity contribution is 5.67. The second-order valence-corrected chi connectivity index (χ2v) is 8.81. The minimum atomic E-state index is -4.75. The van der Waals surface area contributed by atoms with Crippen LogP contribution in [0.5, 0.6) is 5.75 Å². The summed E-state index contributed by atoms with van der Waals surface area (Å²) in [6, 6.07) is 7.92. The Kier molecular flexibility index (Phi) is 8.35. The van der Waals surface area contributed by atoms with Crippen molar-refractivity contribution >= 4 is 5.97 Å². The van der Waals surface area contributed by atoms with Crippen LogP contribution in [0.15, 0.2) is 42.5 Å². The molecule has 0 saturated carbocycles. The first-order valence-corrected chi connectivity index (χ1v) is 11.3. The van der Waals surface area contributed by atoms with Crippen molar-refractivity contribution in [1.82, 2.24) is 4.90 Å². The third kappa shape index (κ3) is 7.37. The molecule has 1 aliphatic heterocycles. The van der Waals surface area contributed by atoms with E-state index in [9.17, 15) is 31.1 Å². The van der Waals surface area contributed by atoms with Gasteiger partial charge in [0.15, 0.2) is 0 Å². The summed E-state index contributed by atoms with van der Waals surface area (Å²) in [6.07, 6.45) is -7.82. The van der Waals surface area contributed by atoms with E-state index in [1.807, 2.05) is 6.07 Å². The topological polar surface area (TPSA) is 49.8 Å². The van der Waals surface area contributed by atoms with Gasteiger partial charge in [-0.25, -0.2) is 0 Å². The molecule has 1 N–H and O–H groups in total. The Balaban J connectivity index is 1.61. The quantitative estimate of drug-likeness (QED) is 0.413. The number of aryl methyl sites for hydroxylation is 1. The summed E-state index contributed by atoms with van der Waals surface area (Å²) in [5, 5.41) is 8.81. The highest BCUT2D eigenvalue weighted by Crippen LogP contribution is 2.40. The van der Waals surface area contributed by atoms with Gasteiger partial charge in [0.1, 0.15) is 5.75 Å². The van der Waals surface area contributed by atoms with Crippen molar-refractivity contribution < 1.29 is 41.0 Å². The molecule has 1 aliphatic rings. The number of carboxylic acids is 1. The number of carbonyl (C=O) groups is 1. The lowest BCUT2D eigenvalue weighted by molar-refractivity contribution is -0.142. The third-order valence-electron chi connectivity index (χ3n) is 6.34. The van der Waals surface area contributed by atoms with Crippen molar-refractivity contribution in [2.45, 2.75) is 51.0 Å². The fraction of sp³-hybridized carbons (Fsp3) is 0.480. The van der Waals surface area contributed by atoms with Crippen LogP contribution in [0.25, 0.3) is 0 Å². The minimum Gasteiger partial charge on any atom is -0.493 e. The zero-order valence-corrected chi connectivity index (χ0v) is 19.1. The van der Waals surface area contributed by atoms with Gasteiger partial charge in [-0.1, -0.05) is 12.1 Å². The molecular weight excluding hydrogens is 476 g/mol. The Labute approximate surface area is 199 Å². The number of hydrogen-bond donors (Lipinski definition) is 1. The lowest BCUT2D eigenvalue weighted by Gasteiger charge is -2.37. The minimum absolute atomic E-state index is 0.0159. The van der Waals surface area contributed by atoms with E-state index in [0.29, 0.717) is 62.9 Å². The summed E-state index contributed by atoms with van der Waals surface area (Å²) in [4.78, 5) is 12.5. The molecule has 1 atom stereocenters. The maximum Gasteiger partial charge on any atom is 0.416 e. The number of halogens is 6. The highest BCUT2D eigenvalue weighted by atomic mass is 19.4. The van der Waals surface area contributed by atoms with E-state index < -0.39 is 35.5 Å². The van der Waals surface area contributed by atoms with Gasteiger partial charge in [0.25, 0.3) is 0 Å². The Morgan fingerprint density at radius 1 is 1.06 bits per heavy atom. The van der Waals surface area contributed by atoms with E-state index in [1.165, 1.54) is 6.92 Å². The molecule has 1 fully saturated rings. The van der Waals surface area contributed by atoms with Crippen molar-refractivity contribution in [3.8, 4) is 5.75 Å². The van der Waals surface area contributed by atoms with Crippen molar-refractivity contribution in [3.63, 3.8) is 0 Å². The van der Waals surface area contributed by atoms with Crippen LogP contribution in [0.3, 0.4) is 0 Å². The summed E-state index contributed by atoms with van der Waals surface area (Å²) in [5.41, 5.74) is -1.68. The Bertz CT molecular complexity index is 1010. The fourth-order valence-corrected chi connectivity index (χ4v) is 4.30. The lowest BCUT2D eigenvalue weighted by atomic mass is 9.92. The standard InChI is InChI=1S/C25H27F6NO3/c1-16(21-14-19(24(26,27)28)6-7-22(21)25(29,30)31)32-11-9-18(10-12-32)15-35-20-4-2-3-17(13-20)5-8-23(33)34/h2-4,6-7,13-14,16,18H,5,8-12,15H2,1H3,(H,33,34). The molecule has 4 nitrogen and oxygen atoms in total. The monoisotopic (exact) mass is 503 g/mol. The van der Waals surface area contributed by atoms with Gasteiger partial charge in [0, 0.05) is 12.5 Å². The molecule has 2 aromatic carbocycles. The van der Waals surface area contributed by atoms with Gasteiger partial charge in [-0.3, -0.25) is 9.69 Å². The number of ether oxygens (including phenoxy) is 1. The lowest BCUT2D eigenvalue weighted by Crippen LogP contribution is -2.38. The number of piperidine rings is 1. The van der Waals surface area contributed by atoms with E-state index in [0.717, 1.165) is 5.56 Å². The van der Waals surface area contributed by atoms with Crippen LogP contribution in [0.1, 0.15) is 54.5 Å². The predicted octanol–water partition coefficient (Wildman–Crippen LogP) is 6.59. The average molecular weight is 503 g/mol. The Morgan fingerprint density at radius 2 is 1.74 bits per heavy atom. The molecule has 192 valence electrons. The molecule has 0 bridgehead atoms. The van der Waals surface area contributed by atoms with Crippen molar-refractivity contribution in [1.29, 1.82) is 0 Å². The summed E-state index contributed by atoms with van der Waals surface area (Å²) in [6.45, 7) is 2.76. The van der Waals surface area contributed by atoms with Gasteiger partial charge in [-0.15, -0.1) is 0 Å². The van der Waals surface area contributed by atoms with Gasteiger partial charge in [0.2, 0.25) is 0 Å². The maximum atomic E-state index is 13.5. The van der Waals surface area contributed by atoms with Crippen LogP contribution in [0.2, 0.25) is 0 Å². The molecule has 0 radical (unpaired) electrons. The summed E-state index contributed by atoms with van der Waals surface area (Å²) in [7, 11) is 0. The predicted molar refractivity (Wildman–Crippen MR) is 117 cm³/mol. The first-order chi connectivity index (χ1) is 16.3. The Hall–Kier alpha value is -2.75. The second kappa shape index (κ2) is 10.9. The van der Waals surface area contributed by atoms with Crippen LogP contribution in [-0.4, -0.2) is 35.7 Å². The number of likely N-dealkylation sites (tertiary alicyclic amines) is 1. The highest BCUT2D eigenvalue weighted by Gasteiger charge is 2.39. The van der Waals surface area contributed by atoms with Gasteiger partial charge < -0.3 is 9.84 Å². The van der Waals surface area contributed by atoms with Crippen molar-refractivity contribution in [2.24, 2.45) is 5.92 Å². The number of nitrogens with zero attached hydrogens (tertiary/aromatic N) is 1. The van der Waals surface area contributed by atoms with Crippen LogP contribution in [0, 0.1) is 5.92 Å². The molecule has 0 spiro atoms. The molecule has 2 aromatic rings. The van der Waals surface area contributed by atoms with E-state index in [4.69, 9.17) is 9.84 Å². The molecular formula is C25H27F6NO3. The number of alkyl halides is 6. The molecule has 35 heavy (non-hydrogen) atoms. The van der Waals surface area contributed by atoms with Crippen molar-refractivity contribution in [2.75, 3.05) is 19.7 Å². The summed E-state index contributed by atoms with van der Waals surface area (Å²) < 4.78 is 85.8. The summed E-state index contributed by atoms with van der Waals surface area (Å²) in [5.74, 6) is -0.128. The molecule has 1 heterocycles. The number of aliphatic carboxylic acids is 1. The molecule has 1 unspecified atom stereocenters. The molecule has 1 saturated heterocycles. The maximum absolute atomic E-state index is 13.5. The molecule has 3 rings (SSSR count). The van der Waals surface area contributed by atoms with E-state index in [2.05, 4.69) is 0 Å². The van der Waals surface area contributed by atoms with E-state index >= 15 is 0 Å². The van der Waals surface area contributed by atoms with E-state index in [-0.39, 0.29) is 17.9 Å². The fourth-order valence-electron chi connectivity index (χ4n) is 4.30.